The molecular weight excluding hydrogens is 136 g/mol. The summed E-state index contributed by atoms with van der Waals surface area (Å²) in [5.41, 5.74) is 13.8. The van der Waals surface area contributed by atoms with Gasteiger partial charge in [0.05, 0.1) is 0 Å². The van der Waals surface area contributed by atoms with Gasteiger partial charge in [0.2, 0.25) is 0 Å². The smallest absolute Gasteiger partial charge is 0.0370 e. The molecular formula is C9H13N2. The molecule has 0 aliphatic carbocycles. The average molecular weight is 149 g/mol. The van der Waals surface area contributed by atoms with Crippen molar-refractivity contribution >= 4 is 11.4 Å². The van der Waals surface area contributed by atoms with Gasteiger partial charge >= 0.3 is 0 Å². The minimum Gasteiger partial charge on any atom is -0.399 e. The van der Waals surface area contributed by atoms with Gasteiger partial charge in [-0.15, -0.1) is 0 Å². The lowest BCUT2D eigenvalue weighted by atomic mass is 10.1. The van der Waals surface area contributed by atoms with E-state index in [9.17, 15) is 0 Å². The summed E-state index contributed by atoms with van der Waals surface area (Å²) < 4.78 is 0. The van der Waals surface area contributed by atoms with Crippen molar-refractivity contribution in [1.82, 2.24) is 0 Å². The fourth-order valence-corrected chi connectivity index (χ4v) is 0.999. The van der Waals surface area contributed by atoms with Gasteiger partial charge in [0.1, 0.15) is 0 Å². The van der Waals surface area contributed by atoms with E-state index in [1.165, 1.54) is 0 Å². The molecule has 1 radical (unpaired) electrons. The Morgan fingerprint density at radius 1 is 1.36 bits per heavy atom. The average Bonchev–Trinajstić information content (AvgIpc) is 1.95. The summed E-state index contributed by atoms with van der Waals surface area (Å²) in [7, 11) is 0. The van der Waals surface area contributed by atoms with Crippen LogP contribution in [0.15, 0.2) is 18.2 Å². The largest absolute Gasteiger partial charge is 0.399 e. The summed E-state index contributed by atoms with van der Waals surface area (Å²) in [4.78, 5) is 0. The quantitative estimate of drug-likeness (QED) is 0.630. The summed E-state index contributed by atoms with van der Waals surface area (Å²) in [6.45, 7) is 2.08. The van der Waals surface area contributed by atoms with E-state index in [0.717, 1.165) is 23.4 Å². The molecule has 0 aliphatic rings. The van der Waals surface area contributed by atoms with Crippen LogP contribution in [0.5, 0.6) is 0 Å². The van der Waals surface area contributed by atoms with Crippen LogP contribution in [-0.4, -0.2) is 0 Å². The van der Waals surface area contributed by atoms with Crippen molar-refractivity contribution in [1.29, 1.82) is 0 Å². The number of hydrogen-bond acceptors (Lipinski definition) is 2. The molecule has 0 aromatic heterocycles. The SMILES string of the molecule is CC[CH]c1ccc(N)cc1N. The van der Waals surface area contributed by atoms with Gasteiger partial charge in [-0.1, -0.05) is 13.0 Å². The first-order chi connectivity index (χ1) is 5.24. The molecule has 1 aromatic carbocycles. The Bertz CT molecular complexity index is 243. The van der Waals surface area contributed by atoms with Crippen LogP contribution in [0.2, 0.25) is 0 Å². The van der Waals surface area contributed by atoms with E-state index < -0.39 is 0 Å². The number of nitrogen functional groups attached to an aromatic ring is 2. The molecule has 0 heterocycles. The number of rotatable bonds is 2. The van der Waals surface area contributed by atoms with Crippen molar-refractivity contribution in [3.8, 4) is 0 Å². The Hall–Kier alpha value is -1.18. The number of anilines is 2. The lowest BCUT2D eigenvalue weighted by Crippen LogP contribution is -1.94. The van der Waals surface area contributed by atoms with Crippen LogP contribution in [0, 0.1) is 6.42 Å². The predicted molar refractivity (Wildman–Crippen MR) is 49.0 cm³/mol. The third-order valence-corrected chi connectivity index (χ3v) is 1.53. The summed E-state index contributed by atoms with van der Waals surface area (Å²) in [5.74, 6) is 0. The molecule has 11 heavy (non-hydrogen) atoms. The molecule has 1 rings (SSSR count). The van der Waals surface area contributed by atoms with Gasteiger partial charge in [-0.2, -0.15) is 0 Å². The van der Waals surface area contributed by atoms with Crippen molar-refractivity contribution in [2.45, 2.75) is 13.3 Å². The van der Waals surface area contributed by atoms with Gasteiger partial charge in [0, 0.05) is 11.4 Å². The minimum atomic E-state index is 0.718. The highest BCUT2D eigenvalue weighted by Crippen LogP contribution is 2.17. The Labute approximate surface area is 67.2 Å². The van der Waals surface area contributed by atoms with E-state index in [1.54, 1.807) is 6.07 Å². The Morgan fingerprint density at radius 2 is 2.09 bits per heavy atom. The van der Waals surface area contributed by atoms with E-state index in [2.05, 4.69) is 13.3 Å². The molecule has 0 atom stereocenters. The second-order valence-electron chi connectivity index (χ2n) is 2.50. The third kappa shape index (κ3) is 1.87. The van der Waals surface area contributed by atoms with Crippen molar-refractivity contribution in [3.63, 3.8) is 0 Å². The van der Waals surface area contributed by atoms with Crippen LogP contribution >= 0.6 is 0 Å². The van der Waals surface area contributed by atoms with Gasteiger partial charge < -0.3 is 11.5 Å². The molecule has 0 bridgehead atoms. The highest BCUT2D eigenvalue weighted by atomic mass is 14.6. The van der Waals surface area contributed by atoms with Gasteiger partial charge in [-0.25, -0.2) is 0 Å². The summed E-state index contributed by atoms with van der Waals surface area (Å²) in [5, 5.41) is 0. The van der Waals surface area contributed by atoms with E-state index in [4.69, 9.17) is 11.5 Å². The van der Waals surface area contributed by atoms with Crippen LogP contribution in [0.4, 0.5) is 11.4 Å². The van der Waals surface area contributed by atoms with E-state index in [1.807, 2.05) is 12.1 Å². The normalized spacial score (nSPS) is 9.91. The maximum absolute atomic E-state index is 5.70. The van der Waals surface area contributed by atoms with Crippen LogP contribution in [0.1, 0.15) is 18.9 Å². The molecule has 2 nitrogen and oxygen atoms in total. The van der Waals surface area contributed by atoms with Crippen molar-refractivity contribution < 1.29 is 0 Å². The molecule has 0 saturated carbocycles. The molecule has 4 N–H and O–H groups in total. The molecule has 2 heteroatoms. The monoisotopic (exact) mass is 149 g/mol. The predicted octanol–water partition coefficient (Wildman–Crippen LogP) is 1.81. The van der Waals surface area contributed by atoms with Crippen LogP contribution in [0.3, 0.4) is 0 Å². The lowest BCUT2D eigenvalue weighted by molar-refractivity contribution is 1.12. The standard InChI is InChI=1S/C9H13N2/c1-2-3-7-4-5-8(10)6-9(7)11/h3-6H,2,10-11H2,1H3. The van der Waals surface area contributed by atoms with Crippen LogP contribution in [0.25, 0.3) is 0 Å². The molecule has 0 fully saturated rings. The van der Waals surface area contributed by atoms with Crippen molar-refractivity contribution in [2.24, 2.45) is 0 Å². The zero-order valence-corrected chi connectivity index (χ0v) is 6.67. The second kappa shape index (κ2) is 3.28. The molecule has 0 unspecified atom stereocenters. The fraction of sp³-hybridized carbons (Fsp3) is 0.222. The number of benzene rings is 1. The maximum atomic E-state index is 5.70. The number of nitrogens with two attached hydrogens (primary N) is 2. The van der Waals surface area contributed by atoms with Gasteiger partial charge in [0.25, 0.3) is 0 Å². The second-order valence-corrected chi connectivity index (χ2v) is 2.50. The molecule has 0 spiro atoms. The summed E-state index contributed by atoms with van der Waals surface area (Å²) in [6, 6.07) is 5.58. The third-order valence-electron chi connectivity index (χ3n) is 1.53. The highest BCUT2D eigenvalue weighted by Gasteiger charge is 1.96. The number of hydrogen-bond donors (Lipinski definition) is 2. The first-order valence-electron chi connectivity index (χ1n) is 3.72. The van der Waals surface area contributed by atoms with Gasteiger partial charge in [0.15, 0.2) is 0 Å². The first kappa shape index (κ1) is 7.92. The lowest BCUT2D eigenvalue weighted by Gasteiger charge is -2.03. The van der Waals surface area contributed by atoms with Gasteiger partial charge in [-0.05, 0) is 30.5 Å². The van der Waals surface area contributed by atoms with Crippen LogP contribution < -0.4 is 11.5 Å². The van der Waals surface area contributed by atoms with E-state index in [0.29, 0.717) is 0 Å². The Balaban J connectivity index is 2.90. The molecule has 0 amide bonds. The first-order valence-corrected chi connectivity index (χ1v) is 3.72. The van der Waals surface area contributed by atoms with Crippen molar-refractivity contribution in [3.05, 3.63) is 30.2 Å². The molecule has 59 valence electrons. The topological polar surface area (TPSA) is 52.0 Å². The van der Waals surface area contributed by atoms with Crippen molar-refractivity contribution in [2.75, 3.05) is 11.5 Å². The summed E-state index contributed by atoms with van der Waals surface area (Å²) >= 11 is 0. The Kier molecular flexibility index (Phi) is 2.36. The summed E-state index contributed by atoms with van der Waals surface area (Å²) in [6.07, 6.45) is 3.07. The Morgan fingerprint density at radius 3 is 2.64 bits per heavy atom. The highest BCUT2D eigenvalue weighted by molar-refractivity contribution is 5.58. The molecule has 0 aliphatic heterocycles. The zero-order valence-electron chi connectivity index (χ0n) is 6.67. The molecule has 1 aromatic rings. The van der Waals surface area contributed by atoms with E-state index >= 15 is 0 Å². The zero-order chi connectivity index (χ0) is 8.27. The maximum Gasteiger partial charge on any atom is 0.0370 e. The fourth-order valence-electron chi connectivity index (χ4n) is 0.999. The molecule has 0 saturated heterocycles. The van der Waals surface area contributed by atoms with Gasteiger partial charge in [-0.3, -0.25) is 0 Å². The van der Waals surface area contributed by atoms with Crippen LogP contribution in [-0.2, 0) is 0 Å². The van der Waals surface area contributed by atoms with E-state index in [-0.39, 0.29) is 0 Å². The minimum absolute atomic E-state index is 0.718.